The Morgan fingerprint density at radius 2 is 1.21 bits per heavy atom. The second kappa shape index (κ2) is 25.3. The predicted molar refractivity (Wildman–Crippen MR) is 185 cm³/mol. The fourth-order valence-electron chi connectivity index (χ4n) is 4.91. The molecule has 0 aromatic rings. The van der Waals surface area contributed by atoms with E-state index in [0.717, 1.165) is 6.08 Å². The number of aliphatic hydroxyl groups excluding tert-OH is 2. The topological polar surface area (TPSA) is 276 Å². The highest BCUT2D eigenvalue weighted by atomic mass is 16.5. The van der Waals surface area contributed by atoms with Crippen LogP contribution in [0.5, 0.6) is 0 Å². The fraction of sp³-hybridized carbons (Fsp3) is 0.618. The molecule has 3 atom stereocenters. The number of hydroxylamine groups is 6. The van der Waals surface area contributed by atoms with Gasteiger partial charge in [0, 0.05) is 64.4 Å². The Balaban J connectivity index is 2.40. The summed E-state index contributed by atoms with van der Waals surface area (Å²) < 4.78 is 5.17. The third-order valence-electron chi connectivity index (χ3n) is 7.82. The molecule has 298 valence electrons. The molecule has 8 N–H and O–H groups in total. The van der Waals surface area contributed by atoms with Crippen LogP contribution in [0.15, 0.2) is 35.5 Å². The smallest absolute Gasteiger partial charge is 0.328 e. The van der Waals surface area contributed by atoms with Crippen LogP contribution in [0.2, 0.25) is 0 Å². The average Bonchev–Trinajstić information content (AvgIpc) is 3.08. The lowest BCUT2D eigenvalue weighted by Gasteiger charge is -2.30. The summed E-state index contributed by atoms with van der Waals surface area (Å²) in [5.41, 5.74) is 1.17. The Bertz CT molecular complexity index is 1350. The van der Waals surface area contributed by atoms with Gasteiger partial charge in [-0.25, -0.2) is 20.0 Å². The first kappa shape index (κ1) is 46.3. The molecule has 0 bridgehead atoms. The van der Waals surface area contributed by atoms with Gasteiger partial charge in [-0.1, -0.05) is 17.2 Å². The van der Waals surface area contributed by atoms with Crippen molar-refractivity contribution in [1.82, 2.24) is 31.1 Å². The zero-order chi connectivity index (χ0) is 39.9. The Hall–Kier alpha value is -4.69. The molecule has 0 saturated carbocycles. The minimum Gasteiger partial charge on any atom is -0.464 e. The van der Waals surface area contributed by atoms with Gasteiger partial charge in [-0.15, -0.1) is 0 Å². The number of amides is 6. The minimum atomic E-state index is -1.05. The van der Waals surface area contributed by atoms with Crippen molar-refractivity contribution in [3.63, 3.8) is 0 Å². The molecule has 0 spiro atoms. The van der Waals surface area contributed by atoms with Gasteiger partial charge in [0.2, 0.25) is 17.7 Å². The number of aliphatic hydroxyl groups is 2. The van der Waals surface area contributed by atoms with Crippen molar-refractivity contribution >= 4 is 41.4 Å². The number of hydrogen-bond acceptors (Lipinski definition) is 13. The number of ether oxygens (including phenoxy) is 1. The van der Waals surface area contributed by atoms with Crippen LogP contribution in [0, 0.1) is 0 Å². The van der Waals surface area contributed by atoms with Crippen molar-refractivity contribution in [3.8, 4) is 0 Å². The zero-order valence-electron chi connectivity index (χ0n) is 30.5. The second-order valence-electron chi connectivity index (χ2n) is 12.5. The first-order valence-corrected chi connectivity index (χ1v) is 17.4. The van der Waals surface area contributed by atoms with Crippen LogP contribution in [-0.4, -0.2) is 140 Å². The van der Waals surface area contributed by atoms with E-state index in [-0.39, 0.29) is 90.8 Å². The summed E-state index contributed by atoms with van der Waals surface area (Å²) in [4.78, 5) is 85.4. The Kier molecular flexibility index (Phi) is 22.1. The van der Waals surface area contributed by atoms with Crippen molar-refractivity contribution in [2.24, 2.45) is 0 Å². The summed E-state index contributed by atoms with van der Waals surface area (Å²) in [6.07, 6.45) is 6.35. The van der Waals surface area contributed by atoms with Gasteiger partial charge in [0.15, 0.2) is 0 Å². The zero-order valence-corrected chi connectivity index (χ0v) is 30.5. The summed E-state index contributed by atoms with van der Waals surface area (Å²) in [6.45, 7) is 3.71. The molecule has 19 nitrogen and oxygen atoms in total. The summed E-state index contributed by atoms with van der Waals surface area (Å²) in [5.74, 6) is -4.28. The molecular weight excluding hydrogens is 700 g/mol. The minimum absolute atomic E-state index is 0.0566. The molecule has 53 heavy (non-hydrogen) atoms. The lowest BCUT2D eigenvalue weighted by atomic mass is 10.0. The third-order valence-corrected chi connectivity index (χ3v) is 7.82. The van der Waals surface area contributed by atoms with Crippen molar-refractivity contribution in [3.05, 3.63) is 35.5 Å². The molecule has 3 unspecified atom stereocenters. The Morgan fingerprint density at radius 3 is 1.66 bits per heavy atom. The summed E-state index contributed by atoms with van der Waals surface area (Å²) in [6, 6.07) is -2.80. The molecule has 1 saturated heterocycles. The lowest BCUT2D eigenvalue weighted by Crippen LogP contribution is -2.61. The van der Waals surface area contributed by atoms with Gasteiger partial charge in [0.1, 0.15) is 18.1 Å². The molecule has 19 heteroatoms. The summed E-state index contributed by atoms with van der Waals surface area (Å²) in [7, 11) is 0. The molecule has 1 heterocycles. The molecule has 0 aromatic carbocycles. The molecule has 1 fully saturated rings. The number of nitrogens with zero attached hydrogens (tertiary/aromatic N) is 3. The van der Waals surface area contributed by atoms with Gasteiger partial charge in [-0.2, -0.15) is 0 Å². The highest BCUT2D eigenvalue weighted by molar-refractivity contribution is 5.97. The van der Waals surface area contributed by atoms with Crippen molar-refractivity contribution in [1.29, 1.82) is 0 Å². The number of carbonyl (C=O) groups is 7. The number of carbonyl (C=O) groups excluding carboxylic acids is 7. The summed E-state index contributed by atoms with van der Waals surface area (Å²) >= 11 is 0. The second-order valence-corrected chi connectivity index (χ2v) is 12.5. The average molecular weight is 755 g/mol. The first-order chi connectivity index (χ1) is 25.1. The standard InChI is InChI=1S/C34H54N6O13/c1-23(13-18-41)21-30(45)39(51)16-7-10-27-33(48)36-26(32(47)37-27)9-6-15-38(50)29(44)12-4-5-20-53-34(49)28(35-25(3)43)11-8-17-40(52)31(46)22-24(2)14-19-42/h4,12,21-22,26-28,41-42,50-52H,5-11,13-20H2,1-3H3,(H,35,43)(H,36,48)(H,37,47)/b12-4+,23-21?,24-22?. The maximum absolute atomic E-state index is 12.5. The van der Waals surface area contributed by atoms with Crippen LogP contribution in [0.3, 0.4) is 0 Å². The van der Waals surface area contributed by atoms with E-state index in [1.54, 1.807) is 13.8 Å². The van der Waals surface area contributed by atoms with Gasteiger partial charge in [0.25, 0.3) is 17.7 Å². The van der Waals surface area contributed by atoms with Crippen LogP contribution < -0.4 is 16.0 Å². The molecular formula is C34H54N6O13. The van der Waals surface area contributed by atoms with Gasteiger partial charge >= 0.3 is 5.97 Å². The SMILES string of the molecule is CC(=O)NC(CCCN(O)C(=O)C=C(C)CCO)C(=O)OCC/C=C/C(=O)N(O)CCCC1NC(=O)C(CCCN(O)C(=O)C=C(C)CCO)NC1=O. The molecule has 1 rings (SSSR count). The van der Waals surface area contributed by atoms with E-state index in [0.29, 0.717) is 32.8 Å². The van der Waals surface area contributed by atoms with Gasteiger partial charge in [0.05, 0.1) is 6.61 Å². The monoisotopic (exact) mass is 754 g/mol. The van der Waals surface area contributed by atoms with E-state index < -0.39 is 59.5 Å². The molecule has 0 aromatic heterocycles. The molecule has 0 aliphatic carbocycles. The van der Waals surface area contributed by atoms with E-state index in [4.69, 9.17) is 14.9 Å². The maximum Gasteiger partial charge on any atom is 0.328 e. The largest absolute Gasteiger partial charge is 0.464 e. The van der Waals surface area contributed by atoms with Crippen LogP contribution in [0.25, 0.3) is 0 Å². The van der Waals surface area contributed by atoms with Crippen LogP contribution >= 0.6 is 0 Å². The van der Waals surface area contributed by atoms with Crippen LogP contribution in [0.4, 0.5) is 0 Å². The molecule has 1 aliphatic rings. The van der Waals surface area contributed by atoms with Crippen LogP contribution in [-0.2, 0) is 38.3 Å². The van der Waals surface area contributed by atoms with Gasteiger partial charge in [-0.05, 0) is 65.2 Å². The van der Waals surface area contributed by atoms with Gasteiger partial charge in [-0.3, -0.25) is 44.4 Å². The van der Waals surface area contributed by atoms with Crippen LogP contribution in [0.1, 0.15) is 78.6 Å². The quantitative estimate of drug-likeness (QED) is 0.0205. The fourth-order valence-corrected chi connectivity index (χ4v) is 4.91. The van der Waals surface area contributed by atoms with Crippen molar-refractivity contribution in [2.45, 2.75) is 96.7 Å². The van der Waals surface area contributed by atoms with E-state index >= 15 is 0 Å². The van der Waals surface area contributed by atoms with Crippen molar-refractivity contribution in [2.75, 3.05) is 39.5 Å². The molecule has 0 radical (unpaired) electrons. The molecule has 6 amide bonds. The third kappa shape index (κ3) is 19.1. The normalized spacial score (nSPS) is 16.8. The highest BCUT2D eigenvalue weighted by Crippen LogP contribution is 2.10. The first-order valence-electron chi connectivity index (χ1n) is 17.4. The van der Waals surface area contributed by atoms with E-state index in [9.17, 15) is 49.2 Å². The number of esters is 1. The summed E-state index contributed by atoms with van der Waals surface area (Å²) in [5, 5.41) is 56.8. The number of rotatable bonds is 24. The molecule has 1 aliphatic heterocycles. The van der Waals surface area contributed by atoms with Crippen molar-refractivity contribution < 1.29 is 64.1 Å². The predicted octanol–water partition coefficient (Wildman–Crippen LogP) is -0.385. The number of nitrogens with one attached hydrogen (secondary N) is 3. The van der Waals surface area contributed by atoms with E-state index in [2.05, 4.69) is 16.0 Å². The maximum atomic E-state index is 12.5. The van der Waals surface area contributed by atoms with Gasteiger partial charge < -0.3 is 30.9 Å². The van der Waals surface area contributed by atoms with E-state index in [1.807, 2.05) is 0 Å². The Morgan fingerprint density at radius 1 is 0.755 bits per heavy atom. The highest BCUT2D eigenvalue weighted by Gasteiger charge is 2.33. The van der Waals surface area contributed by atoms with E-state index in [1.165, 1.54) is 25.2 Å². The Labute approximate surface area is 308 Å². The number of hydrogen-bond donors (Lipinski definition) is 8. The lowest BCUT2D eigenvalue weighted by molar-refractivity contribution is -0.160. The number of piperazine rings is 1.